The molecule has 2 N–H and O–H groups in total. The molecule has 0 bridgehead atoms. The van der Waals surface area contributed by atoms with Crippen LogP contribution in [0.15, 0.2) is 12.3 Å². The van der Waals surface area contributed by atoms with Crippen molar-refractivity contribution in [3.63, 3.8) is 0 Å². The highest BCUT2D eigenvalue weighted by Crippen LogP contribution is 2.16. The first kappa shape index (κ1) is 15.8. The number of aromatic nitrogens is 1. The van der Waals surface area contributed by atoms with Crippen molar-refractivity contribution < 1.29 is 9.53 Å². The molecule has 1 aromatic heterocycles. The molecule has 0 aliphatic carbocycles. The van der Waals surface area contributed by atoms with Gasteiger partial charge in [0.15, 0.2) is 0 Å². The van der Waals surface area contributed by atoms with Crippen LogP contribution in [-0.2, 0) is 4.74 Å². The van der Waals surface area contributed by atoms with Gasteiger partial charge < -0.3 is 15.4 Å². The van der Waals surface area contributed by atoms with Crippen LogP contribution in [0.2, 0.25) is 0 Å². The van der Waals surface area contributed by atoms with Crippen LogP contribution in [0, 0.1) is 6.92 Å². The number of rotatable bonds is 6. The average molecular weight is 291 g/mol. The van der Waals surface area contributed by atoms with E-state index in [-0.39, 0.29) is 12.0 Å². The number of hydrogen-bond donors (Lipinski definition) is 2. The molecule has 5 nitrogen and oxygen atoms in total. The molecule has 2 heterocycles. The predicted molar refractivity (Wildman–Crippen MR) is 83.7 cm³/mol. The van der Waals surface area contributed by atoms with Crippen LogP contribution < -0.4 is 10.6 Å². The summed E-state index contributed by atoms with van der Waals surface area (Å²) in [7, 11) is 0. The molecule has 0 aromatic carbocycles. The van der Waals surface area contributed by atoms with Gasteiger partial charge in [-0.3, -0.25) is 9.78 Å². The van der Waals surface area contributed by atoms with Gasteiger partial charge >= 0.3 is 0 Å². The van der Waals surface area contributed by atoms with E-state index >= 15 is 0 Å². The number of carbonyl (C=O) groups is 1. The molecule has 1 amide bonds. The topological polar surface area (TPSA) is 63.2 Å². The summed E-state index contributed by atoms with van der Waals surface area (Å²) in [5.41, 5.74) is 2.36. The molecular weight excluding hydrogens is 266 g/mol. The molecule has 21 heavy (non-hydrogen) atoms. The molecule has 1 atom stereocenters. The molecule has 116 valence electrons. The molecule has 1 aromatic rings. The average Bonchev–Trinajstić information content (AvgIpc) is 2.51. The predicted octanol–water partition coefficient (Wildman–Crippen LogP) is 2.51. The number of nitrogens with zero attached hydrogens (tertiary/aromatic N) is 1. The van der Waals surface area contributed by atoms with Crippen molar-refractivity contribution in [2.75, 3.05) is 25.0 Å². The quantitative estimate of drug-likeness (QED) is 0.845. The highest BCUT2D eigenvalue weighted by atomic mass is 16.5. The lowest BCUT2D eigenvalue weighted by molar-refractivity contribution is 0.0169. The zero-order valence-electron chi connectivity index (χ0n) is 12.9. The third-order valence-electron chi connectivity index (χ3n) is 3.62. The summed E-state index contributed by atoms with van der Waals surface area (Å²) in [6.07, 6.45) is 6.12. The van der Waals surface area contributed by atoms with Gasteiger partial charge in [-0.2, -0.15) is 0 Å². The van der Waals surface area contributed by atoms with Gasteiger partial charge in [0, 0.05) is 31.6 Å². The molecule has 1 saturated heterocycles. The molecule has 1 unspecified atom stereocenters. The molecule has 0 radical (unpaired) electrons. The molecule has 1 fully saturated rings. The van der Waals surface area contributed by atoms with Crippen LogP contribution in [-0.4, -0.2) is 36.7 Å². The summed E-state index contributed by atoms with van der Waals surface area (Å²) in [6, 6.07) is 1.92. The molecule has 2 rings (SSSR count). The number of anilines is 1. The molecule has 0 spiro atoms. The minimum absolute atomic E-state index is 0.0877. The number of amides is 1. The van der Waals surface area contributed by atoms with Crippen molar-refractivity contribution in [2.24, 2.45) is 0 Å². The molecule has 5 heteroatoms. The Balaban J connectivity index is 1.96. The number of nitrogens with one attached hydrogen (secondary N) is 2. The second-order valence-corrected chi connectivity index (χ2v) is 5.50. The monoisotopic (exact) mass is 291 g/mol. The molecule has 0 saturated carbocycles. The van der Waals surface area contributed by atoms with Crippen molar-refractivity contribution in [3.8, 4) is 0 Å². The zero-order chi connectivity index (χ0) is 15.1. The minimum atomic E-state index is -0.0877. The SMILES string of the molecule is CCCNc1cc(C)ncc1C(=O)NCC1CCCCO1. The highest BCUT2D eigenvalue weighted by molar-refractivity contribution is 5.99. The van der Waals surface area contributed by atoms with Gasteiger partial charge in [0.25, 0.3) is 5.91 Å². The fraction of sp³-hybridized carbons (Fsp3) is 0.625. The summed E-state index contributed by atoms with van der Waals surface area (Å²) in [4.78, 5) is 16.6. The van der Waals surface area contributed by atoms with Gasteiger partial charge in [0.1, 0.15) is 0 Å². The van der Waals surface area contributed by atoms with Crippen molar-refractivity contribution in [1.82, 2.24) is 10.3 Å². The van der Waals surface area contributed by atoms with Crippen LogP contribution in [0.3, 0.4) is 0 Å². The zero-order valence-corrected chi connectivity index (χ0v) is 12.9. The Morgan fingerprint density at radius 3 is 3.05 bits per heavy atom. The van der Waals surface area contributed by atoms with Crippen molar-refractivity contribution in [1.29, 1.82) is 0 Å². The van der Waals surface area contributed by atoms with Gasteiger partial charge in [-0.05, 0) is 38.7 Å². The number of ether oxygens (including phenoxy) is 1. The van der Waals surface area contributed by atoms with Crippen molar-refractivity contribution in [3.05, 3.63) is 23.5 Å². The van der Waals surface area contributed by atoms with E-state index in [0.717, 1.165) is 43.8 Å². The summed E-state index contributed by atoms with van der Waals surface area (Å²) in [5.74, 6) is -0.0877. The Morgan fingerprint density at radius 1 is 1.48 bits per heavy atom. The molecule has 1 aliphatic rings. The van der Waals surface area contributed by atoms with E-state index in [1.165, 1.54) is 6.42 Å². The second kappa shape index (κ2) is 7.98. The largest absolute Gasteiger partial charge is 0.384 e. The number of aryl methyl sites for hydroxylation is 1. The second-order valence-electron chi connectivity index (χ2n) is 5.50. The smallest absolute Gasteiger partial charge is 0.255 e. The fourth-order valence-electron chi connectivity index (χ4n) is 2.42. The Morgan fingerprint density at radius 2 is 2.33 bits per heavy atom. The van der Waals surface area contributed by atoms with E-state index in [1.54, 1.807) is 6.20 Å². The third kappa shape index (κ3) is 4.70. The fourth-order valence-corrected chi connectivity index (χ4v) is 2.42. The van der Waals surface area contributed by atoms with Gasteiger partial charge in [0.05, 0.1) is 17.4 Å². The van der Waals surface area contributed by atoms with E-state index < -0.39 is 0 Å². The lowest BCUT2D eigenvalue weighted by Crippen LogP contribution is -2.35. The summed E-state index contributed by atoms with van der Waals surface area (Å²) in [6.45, 7) is 6.24. The van der Waals surface area contributed by atoms with Crippen molar-refractivity contribution in [2.45, 2.75) is 45.6 Å². The van der Waals surface area contributed by atoms with E-state index in [9.17, 15) is 4.79 Å². The number of hydrogen-bond acceptors (Lipinski definition) is 4. The summed E-state index contributed by atoms with van der Waals surface area (Å²) < 4.78 is 5.63. The maximum Gasteiger partial charge on any atom is 0.255 e. The normalized spacial score (nSPS) is 18.3. The standard InChI is InChI=1S/C16H25N3O2/c1-3-7-17-15-9-12(2)18-11-14(15)16(20)19-10-13-6-4-5-8-21-13/h9,11,13H,3-8,10H2,1-2H3,(H,17,18)(H,19,20). The van der Waals surface area contributed by atoms with Crippen LogP contribution in [0.5, 0.6) is 0 Å². The minimum Gasteiger partial charge on any atom is -0.384 e. The lowest BCUT2D eigenvalue weighted by atomic mass is 10.1. The van der Waals surface area contributed by atoms with E-state index in [4.69, 9.17) is 4.74 Å². The Hall–Kier alpha value is -1.62. The first-order valence-electron chi connectivity index (χ1n) is 7.81. The summed E-state index contributed by atoms with van der Waals surface area (Å²) >= 11 is 0. The van der Waals surface area contributed by atoms with E-state index in [0.29, 0.717) is 12.1 Å². The van der Waals surface area contributed by atoms with Gasteiger partial charge in [-0.15, -0.1) is 0 Å². The van der Waals surface area contributed by atoms with Crippen LogP contribution >= 0.6 is 0 Å². The van der Waals surface area contributed by atoms with E-state index in [2.05, 4.69) is 22.5 Å². The van der Waals surface area contributed by atoms with Crippen LogP contribution in [0.1, 0.15) is 48.7 Å². The first-order chi connectivity index (χ1) is 10.2. The van der Waals surface area contributed by atoms with Gasteiger partial charge in [-0.25, -0.2) is 0 Å². The van der Waals surface area contributed by atoms with Crippen LogP contribution in [0.4, 0.5) is 5.69 Å². The molecular formula is C16H25N3O2. The Labute approximate surface area is 126 Å². The molecule has 1 aliphatic heterocycles. The van der Waals surface area contributed by atoms with Gasteiger partial charge in [0.2, 0.25) is 0 Å². The third-order valence-corrected chi connectivity index (χ3v) is 3.62. The van der Waals surface area contributed by atoms with Crippen LogP contribution in [0.25, 0.3) is 0 Å². The highest BCUT2D eigenvalue weighted by Gasteiger charge is 2.17. The van der Waals surface area contributed by atoms with Gasteiger partial charge in [-0.1, -0.05) is 6.92 Å². The number of carbonyl (C=O) groups excluding carboxylic acids is 1. The maximum atomic E-state index is 12.3. The maximum absolute atomic E-state index is 12.3. The van der Waals surface area contributed by atoms with Crippen molar-refractivity contribution >= 4 is 11.6 Å². The van der Waals surface area contributed by atoms with E-state index in [1.807, 2.05) is 13.0 Å². The summed E-state index contributed by atoms with van der Waals surface area (Å²) in [5, 5.41) is 6.25. The first-order valence-corrected chi connectivity index (χ1v) is 7.81. The number of pyridine rings is 1. The Bertz CT molecular complexity index is 471. The lowest BCUT2D eigenvalue weighted by Gasteiger charge is -2.23. The Kier molecular flexibility index (Phi) is 5.99.